The van der Waals surface area contributed by atoms with Crippen LogP contribution in [0.2, 0.25) is 0 Å². The Morgan fingerprint density at radius 2 is 1.59 bits per heavy atom. The first-order valence-corrected chi connectivity index (χ1v) is 6.70. The summed E-state index contributed by atoms with van der Waals surface area (Å²) in [5.74, 6) is 0. The molecule has 0 saturated heterocycles. The molecule has 0 aliphatic rings. The molecule has 0 fully saturated rings. The van der Waals surface area contributed by atoms with Crippen molar-refractivity contribution in [3.63, 3.8) is 0 Å². The van der Waals surface area contributed by atoms with Crippen molar-refractivity contribution in [3.05, 3.63) is 72.6 Å². The third-order valence-electron chi connectivity index (χ3n) is 3.20. The Labute approximate surface area is 126 Å². The van der Waals surface area contributed by atoms with E-state index < -0.39 is 0 Å². The van der Waals surface area contributed by atoms with E-state index in [-0.39, 0.29) is 6.61 Å². The molecular weight excluding hydrogens is 280 g/mol. The van der Waals surface area contributed by atoms with Crippen molar-refractivity contribution in [2.24, 2.45) is 0 Å². The molecule has 110 valence electrons. The van der Waals surface area contributed by atoms with E-state index >= 15 is 0 Å². The smallest absolute Gasteiger partial charge is 0.150 e. The summed E-state index contributed by atoms with van der Waals surface area (Å²) < 4.78 is 3.76. The molecule has 4 aromatic rings. The maximum absolute atomic E-state index is 10.3. The fourth-order valence-electron chi connectivity index (χ4n) is 2.05. The van der Waals surface area contributed by atoms with Gasteiger partial charge in [-0.25, -0.2) is 9.97 Å². The predicted molar refractivity (Wildman–Crippen MR) is 81.7 cm³/mol. The molecule has 0 atom stereocenters. The highest BCUT2D eigenvalue weighted by atomic mass is 16.3. The number of aromatic nitrogens is 4. The van der Waals surface area contributed by atoms with E-state index in [0.29, 0.717) is 5.56 Å². The van der Waals surface area contributed by atoms with Gasteiger partial charge in [-0.3, -0.25) is 4.79 Å². The molecule has 6 nitrogen and oxygen atoms in total. The quantitative estimate of drug-likeness (QED) is 0.574. The van der Waals surface area contributed by atoms with Crippen molar-refractivity contribution in [2.45, 2.75) is 6.61 Å². The fraction of sp³-hybridized carbons (Fsp3) is 0.0625. The fourth-order valence-corrected chi connectivity index (χ4v) is 2.05. The second-order valence-corrected chi connectivity index (χ2v) is 4.66. The summed E-state index contributed by atoms with van der Waals surface area (Å²) in [6, 6.07) is 7.23. The molecule has 0 amide bonds. The summed E-state index contributed by atoms with van der Waals surface area (Å²) in [5, 5.41) is 8.80. The van der Waals surface area contributed by atoms with Crippen molar-refractivity contribution < 1.29 is 9.90 Å². The third-order valence-corrected chi connectivity index (χ3v) is 3.20. The lowest BCUT2D eigenvalue weighted by Crippen LogP contribution is -1.87. The van der Waals surface area contributed by atoms with Crippen LogP contribution in [0, 0.1) is 0 Å². The van der Waals surface area contributed by atoms with E-state index in [0.717, 1.165) is 23.1 Å². The van der Waals surface area contributed by atoms with Crippen LogP contribution in [-0.2, 0) is 6.61 Å². The Morgan fingerprint density at radius 1 is 0.955 bits per heavy atom. The number of carbonyl (C=O) groups excluding carboxylic acids is 1. The number of aldehydes is 1. The molecule has 0 aliphatic heterocycles. The number of pyridine rings is 2. The molecule has 4 rings (SSSR count). The van der Waals surface area contributed by atoms with E-state index in [1.54, 1.807) is 24.5 Å². The largest absolute Gasteiger partial charge is 0.392 e. The number of fused-ring (bicyclic) bond motifs is 2. The van der Waals surface area contributed by atoms with Crippen LogP contribution < -0.4 is 0 Å². The number of nitrogens with zero attached hydrogens (tertiary/aromatic N) is 4. The Bertz CT molecular complexity index is 910. The molecule has 1 N–H and O–H groups in total. The molecule has 0 saturated carbocycles. The number of aliphatic hydroxyl groups excluding tert-OH is 1. The summed E-state index contributed by atoms with van der Waals surface area (Å²) in [4.78, 5) is 18.4. The number of hydrogen-bond donors (Lipinski definition) is 1. The molecule has 0 unspecified atom stereocenters. The number of hydrogen-bond acceptors (Lipinski definition) is 4. The van der Waals surface area contributed by atoms with Crippen LogP contribution in [0.5, 0.6) is 0 Å². The van der Waals surface area contributed by atoms with E-state index in [9.17, 15) is 4.79 Å². The predicted octanol–water partition coefficient (Wildman–Crippen LogP) is 1.97. The molecule has 4 heterocycles. The van der Waals surface area contributed by atoms with Crippen molar-refractivity contribution in [1.29, 1.82) is 0 Å². The molecule has 0 aliphatic carbocycles. The van der Waals surface area contributed by atoms with Gasteiger partial charge in [0.2, 0.25) is 0 Å². The van der Waals surface area contributed by atoms with Crippen LogP contribution >= 0.6 is 0 Å². The van der Waals surface area contributed by atoms with Gasteiger partial charge in [-0.1, -0.05) is 0 Å². The normalized spacial score (nSPS) is 10.4. The molecule has 0 spiro atoms. The first-order chi connectivity index (χ1) is 10.8. The van der Waals surface area contributed by atoms with Crippen LogP contribution in [0.25, 0.3) is 11.3 Å². The Hall–Kier alpha value is -2.99. The third kappa shape index (κ3) is 2.87. The van der Waals surface area contributed by atoms with Gasteiger partial charge in [-0.2, -0.15) is 0 Å². The van der Waals surface area contributed by atoms with Gasteiger partial charge in [0.25, 0.3) is 0 Å². The highest BCUT2D eigenvalue weighted by Gasteiger charge is 1.94. The summed E-state index contributed by atoms with van der Waals surface area (Å²) in [6.07, 6.45) is 11.6. The van der Waals surface area contributed by atoms with Gasteiger partial charge in [0.05, 0.1) is 6.61 Å². The highest BCUT2D eigenvalue weighted by Crippen LogP contribution is 2.04. The molecule has 0 radical (unpaired) electrons. The monoisotopic (exact) mass is 294 g/mol. The minimum atomic E-state index is 0.0728. The zero-order valence-corrected chi connectivity index (χ0v) is 11.7. The Morgan fingerprint density at radius 3 is 2.23 bits per heavy atom. The average molecular weight is 294 g/mol. The summed E-state index contributed by atoms with van der Waals surface area (Å²) in [6.45, 7) is 0.0728. The van der Waals surface area contributed by atoms with Crippen molar-refractivity contribution in [1.82, 2.24) is 18.8 Å². The number of aliphatic hydroxyl groups is 1. The van der Waals surface area contributed by atoms with Crippen molar-refractivity contribution in [3.8, 4) is 0 Å². The minimum Gasteiger partial charge on any atom is -0.392 e. The standard InChI is InChI=1S/C8H8N2O.C8H6N2O/c2*11-6-7-1-3-10-4-2-9-8(10)5-7/h1-5,11H,6H2;1-6H. The van der Waals surface area contributed by atoms with Gasteiger partial charge < -0.3 is 13.9 Å². The van der Waals surface area contributed by atoms with Crippen LogP contribution in [0.4, 0.5) is 0 Å². The van der Waals surface area contributed by atoms with E-state index in [1.165, 1.54) is 0 Å². The van der Waals surface area contributed by atoms with Gasteiger partial charge in [0, 0.05) is 42.7 Å². The number of imidazole rings is 2. The van der Waals surface area contributed by atoms with Gasteiger partial charge in [0.15, 0.2) is 0 Å². The summed E-state index contributed by atoms with van der Waals surface area (Å²) in [7, 11) is 0. The van der Waals surface area contributed by atoms with E-state index in [4.69, 9.17) is 5.11 Å². The average Bonchev–Trinajstić information content (AvgIpc) is 3.22. The van der Waals surface area contributed by atoms with Gasteiger partial charge in [-0.15, -0.1) is 0 Å². The van der Waals surface area contributed by atoms with Crippen LogP contribution in [0.3, 0.4) is 0 Å². The molecule has 22 heavy (non-hydrogen) atoms. The van der Waals surface area contributed by atoms with Gasteiger partial charge in [-0.05, 0) is 29.8 Å². The summed E-state index contributed by atoms with van der Waals surface area (Å²) >= 11 is 0. The van der Waals surface area contributed by atoms with Gasteiger partial charge >= 0.3 is 0 Å². The first-order valence-electron chi connectivity index (χ1n) is 6.70. The van der Waals surface area contributed by atoms with Crippen LogP contribution in [0.15, 0.2) is 61.4 Å². The maximum Gasteiger partial charge on any atom is 0.150 e. The highest BCUT2D eigenvalue weighted by molar-refractivity contribution is 5.76. The second kappa shape index (κ2) is 6.19. The zero-order chi connectivity index (χ0) is 15.4. The van der Waals surface area contributed by atoms with Crippen molar-refractivity contribution >= 4 is 17.6 Å². The lowest BCUT2D eigenvalue weighted by molar-refractivity contribution is 0.112. The Balaban J connectivity index is 0.000000131. The molecule has 4 aromatic heterocycles. The van der Waals surface area contributed by atoms with Crippen LogP contribution in [-0.4, -0.2) is 30.2 Å². The van der Waals surface area contributed by atoms with E-state index in [2.05, 4.69) is 9.97 Å². The van der Waals surface area contributed by atoms with E-state index in [1.807, 2.05) is 45.7 Å². The first kappa shape index (κ1) is 14.0. The molecule has 6 heteroatoms. The number of carbonyl (C=O) groups is 1. The van der Waals surface area contributed by atoms with Crippen LogP contribution in [0.1, 0.15) is 15.9 Å². The number of rotatable bonds is 2. The zero-order valence-electron chi connectivity index (χ0n) is 11.7. The summed E-state index contributed by atoms with van der Waals surface area (Å²) in [5.41, 5.74) is 3.22. The maximum atomic E-state index is 10.3. The van der Waals surface area contributed by atoms with Crippen molar-refractivity contribution in [2.75, 3.05) is 0 Å². The lowest BCUT2D eigenvalue weighted by atomic mass is 10.3. The second-order valence-electron chi connectivity index (χ2n) is 4.66. The topological polar surface area (TPSA) is 71.9 Å². The van der Waals surface area contributed by atoms with Gasteiger partial charge in [0.1, 0.15) is 17.6 Å². The minimum absolute atomic E-state index is 0.0728. The lowest BCUT2D eigenvalue weighted by Gasteiger charge is -1.95. The molecule has 0 aromatic carbocycles. The molecule has 0 bridgehead atoms. The molecular formula is C16H14N4O2. The Kier molecular flexibility index (Phi) is 3.93. The SMILES string of the molecule is O=Cc1ccn2ccnc2c1.OCc1ccn2ccnc2c1.